The smallest absolute Gasteiger partial charge is 0.317 e. The molecule has 0 radical (unpaired) electrons. The molecule has 0 aromatic carbocycles. The predicted octanol–water partition coefficient (Wildman–Crippen LogP) is 2.24. The molecule has 1 heterocycles. The topological polar surface area (TPSA) is 63.1 Å². The SMILES string of the molecule is CCCc1cc(C)nc(C2(C(=O)O)CCC2)n1. The Morgan fingerprint density at radius 1 is 1.47 bits per heavy atom. The highest BCUT2D eigenvalue weighted by Crippen LogP contribution is 2.42. The lowest BCUT2D eigenvalue weighted by molar-refractivity contribution is -0.147. The summed E-state index contributed by atoms with van der Waals surface area (Å²) in [5.74, 6) is -0.267. The van der Waals surface area contributed by atoms with Crippen LogP contribution in [-0.2, 0) is 16.6 Å². The van der Waals surface area contributed by atoms with E-state index in [0.29, 0.717) is 18.7 Å². The molecule has 92 valence electrons. The largest absolute Gasteiger partial charge is 0.480 e. The first-order valence-corrected chi connectivity index (χ1v) is 6.17. The number of aromatic nitrogens is 2. The van der Waals surface area contributed by atoms with Crippen LogP contribution in [0.4, 0.5) is 0 Å². The molecule has 0 atom stereocenters. The van der Waals surface area contributed by atoms with Gasteiger partial charge in [0.2, 0.25) is 0 Å². The number of rotatable bonds is 4. The second-order valence-corrected chi connectivity index (χ2v) is 4.82. The van der Waals surface area contributed by atoms with E-state index >= 15 is 0 Å². The molecule has 0 aliphatic heterocycles. The van der Waals surface area contributed by atoms with E-state index in [4.69, 9.17) is 0 Å². The molecule has 1 aromatic heterocycles. The summed E-state index contributed by atoms with van der Waals surface area (Å²) in [5, 5.41) is 9.37. The second-order valence-electron chi connectivity index (χ2n) is 4.82. The van der Waals surface area contributed by atoms with Crippen LogP contribution in [0.2, 0.25) is 0 Å². The number of aryl methyl sites for hydroxylation is 2. The van der Waals surface area contributed by atoms with Gasteiger partial charge in [0.1, 0.15) is 11.2 Å². The van der Waals surface area contributed by atoms with E-state index in [1.54, 1.807) is 0 Å². The molecule has 1 N–H and O–H groups in total. The molecule has 1 aliphatic rings. The van der Waals surface area contributed by atoms with Gasteiger partial charge in [0.15, 0.2) is 0 Å². The van der Waals surface area contributed by atoms with Crippen molar-refractivity contribution in [3.63, 3.8) is 0 Å². The van der Waals surface area contributed by atoms with Gasteiger partial charge in [0, 0.05) is 11.4 Å². The summed E-state index contributed by atoms with van der Waals surface area (Å²) in [6.07, 6.45) is 4.17. The van der Waals surface area contributed by atoms with Crippen LogP contribution in [0.15, 0.2) is 6.07 Å². The van der Waals surface area contributed by atoms with Crippen molar-refractivity contribution in [1.82, 2.24) is 9.97 Å². The average molecular weight is 234 g/mol. The van der Waals surface area contributed by atoms with Gasteiger partial charge in [0.05, 0.1) is 0 Å². The standard InChI is InChI=1S/C13H18N2O2/c1-3-5-10-8-9(2)14-11(15-10)13(12(16)17)6-4-7-13/h8H,3-7H2,1-2H3,(H,16,17). The number of nitrogens with zero attached hydrogens (tertiary/aromatic N) is 2. The normalized spacial score (nSPS) is 17.5. The Kier molecular flexibility index (Phi) is 3.13. The quantitative estimate of drug-likeness (QED) is 0.867. The monoisotopic (exact) mass is 234 g/mol. The molecule has 2 rings (SSSR count). The fourth-order valence-electron chi connectivity index (χ4n) is 2.30. The fraction of sp³-hybridized carbons (Fsp3) is 0.615. The number of hydrogen-bond donors (Lipinski definition) is 1. The van der Waals surface area contributed by atoms with Crippen LogP contribution in [0.25, 0.3) is 0 Å². The minimum Gasteiger partial charge on any atom is -0.480 e. The maximum absolute atomic E-state index is 11.4. The van der Waals surface area contributed by atoms with Crippen molar-refractivity contribution in [2.45, 2.75) is 51.4 Å². The third-order valence-electron chi connectivity index (χ3n) is 3.46. The van der Waals surface area contributed by atoms with Gasteiger partial charge in [-0.2, -0.15) is 0 Å². The van der Waals surface area contributed by atoms with Crippen molar-refractivity contribution in [2.24, 2.45) is 0 Å². The maximum Gasteiger partial charge on any atom is 0.317 e. The summed E-state index contributed by atoms with van der Waals surface area (Å²) in [6, 6.07) is 1.95. The summed E-state index contributed by atoms with van der Waals surface area (Å²) < 4.78 is 0. The van der Waals surface area contributed by atoms with Crippen molar-refractivity contribution >= 4 is 5.97 Å². The molecule has 0 unspecified atom stereocenters. The number of hydrogen-bond acceptors (Lipinski definition) is 3. The predicted molar refractivity (Wildman–Crippen MR) is 63.9 cm³/mol. The highest BCUT2D eigenvalue weighted by molar-refractivity contribution is 5.81. The second kappa shape index (κ2) is 4.43. The van der Waals surface area contributed by atoms with Crippen molar-refractivity contribution in [1.29, 1.82) is 0 Å². The molecule has 1 fully saturated rings. The molecule has 17 heavy (non-hydrogen) atoms. The Morgan fingerprint density at radius 2 is 2.18 bits per heavy atom. The van der Waals surface area contributed by atoms with Crippen LogP contribution in [0.5, 0.6) is 0 Å². The van der Waals surface area contributed by atoms with Gasteiger partial charge in [-0.1, -0.05) is 19.8 Å². The first kappa shape index (κ1) is 12.0. The molecule has 4 heteroatoms. The first-order chi connectivity index (χ1) is 8.08. The van der Waals surface area contributed by atoms with E-state index in [0.717, 1.165) is 30.7 Å². The molecule has 1 aromatic rings. The molecule has 0 saturated heterocycles. The van der Waals surface area contributed by atoms with Crippen molar-refractivity contribution in [2.75, 3.05) is 0 Å². The number of carboxylic acid groups (broad SMARTS) is 1. The Morgan fingerprint density at radius 3 is 2.65 bits per heavy atom. The van der Waals surface area contributed by atoms with Crippen LogP contribution in [-0.4, -0.2) is 21.0 Å². The number of aliphatic carboxylic acids is 1. The third kappa shape index (κ3) is 2.04. The maximum atomic E-state index is 11.4. The van der Waals surface area contributed by atoms with Crippen molar-refractivity contribution in [3.05, 3.63) is 23.3 Å². The summed E-state index contributed by atoms with van der Waals surface area (Å²) in [6.45, 7) is 3.99. The van der Waals surface area contributed by atoms with Gasteiger partial charge in [0.25, 0.3) is 0 Å². The first-order valence-electron chi connectivity index (χ1n) is 6.17. The molecule has 1 saturated carbocycles. The Labute approximate surface area is 101 Å². The lowest BCUT2D eigenvalue weighted by Gasteiger charge is -2.36. The van der Waals surface area contributed by atoms with E-state index in [9.17, 15) is 9.90 Å². The summed E-state index contributed by atoms with van der Waals surface area (Å²) >= 11 is 0. The minimum absolute atomic E-state index is 0.514. The minimum atomic E-state index is -0.811. The lowest BCUT2D eigenvalue weighted by Crippen LogP contribution is -2.44. The summed E-state index contributed by atoms with van der Waals surface area (Å²) in [7, 11) is 0. The molecular weight excluding hydrogens is 216 g/mol. The Hall–Kier alpha value is -1.45. The van der Waals surface area contributed by atoms with Crippen LogP contribution in [0.1, 0.15) is 49.8 Å². The van der Waals surface area contributed by atoms with Crippen molar-refractivity contribution < 1.29 is 9.90 Å². The van der Waals surface area contributed by atoms with Gasteiger partial charge in [-0.3, -0.25) is 4.79 Å². The van der Waals surface area contributed by atoms with Gasteiger partial charge in [-0.05, 0) is 32.3 Å². The third-order valence-corrected chi connectivity index (χ3v) is 3.46. The average Bonchev–Trinajstić information content (AvgIpc) is 2.14. The Bertz CT molecular complexity index is 439. The van der Waals surface area contributed by atoms with E-state index in [1.807, 2.05) is 13.0 Å². The molecule has 1 aliphatic carbocycles. The Balaban J connectivity index is 2.40. The summed E-state index contributed by atoms with van der Waals surface area (Å²) in [4.78, 5) is 20.2. The van der Waals surface area contributed by atoms with Gasteiger partial charge in [-0.25, -0.2) is 9.97 Å². The van der Waals surface area contributed by atoms with E-state index < -0.39 is 11.4 Å². The van der Waals surface area contributed by atoms with Crippen LogP contribution in [0, 0.1) is 6.92 Å². The number of carbonyl (C=O) groups is 1. The van der Waals surface area contributed by atoms with Gasteiger partial charge in [-0.15, -0.1) is 0 Å². The molecule has 0 amide bonds. The molecule has 0 spiro atoms. The highest BCUT2D eigenvalue weighted by atomic mass is 16.4. The van der Waals surface area contributed by atoms with Gasteiger partial charge >= 0.3 is 5.97 Å². The molecular formula is C13H18N2O2. The zero-order chi connectivity index (χ0) is 12.5. The van der Waals surface area contributed by atoms with Crippen LogP contribution < -0.4 is 0 Å². The van der Waals surface area contributed by atoms with E-state index in [-0.39, 0.29) is 0 Å². The van der Waals surface area contributed by atoms with E-state index in [2.05, 4.69) is 16.9 Å². The zero-order valence-corrected chi connectivity index (χ0v) is 10.4. The molecule has 4 nitrogen and oxygen atoms in total. The number of carboxylic acids is 1. The van der Waals surface area contributed by atoms with Crippen molar-refractivity contribution in [3.8, 4) is 0 Å². The highest BCUT2D eigenvalue weighted by Gasteiger charge is 2.48. The van der Waals surface area contributed by atoms with Crippen LogP contribution >= 0.6 is 0 Å². The summed E-state index contributed by atoms with van der Waals surface area (Å²) in [5.41, 5.74) is 1.02. The van der Waals surface area contributed by atoms with Crippen LogP contribution in [0.3, 0.4) is 0 Å². The zero-order valence-electron chi connectivity index (χ0n) is 10.4. The van der Waals surface area contributed by atoms with E-state index in [1.165, 1.54) is 0 Å². The van der Waals surface area contributed by atoms with Gasteiger partial charge < -0.3 is 5.11 Å². The fourth-order valence-corrected chi connectivity index (χ4v) is 2.30. The molecule has 0 bridgehead atoms. The lowest BCUT2D eigenvalue weighted by atomic mass is 9.68.